The third-order valence-corrected chi connectivity index (χ3v) is 7.25. The Morgan fingerprint density at radius 2 is 1.69 bits per heavy atom. The molecule has 1 N–H and O–H groups in total. The van der Waals surface area contributed by atoms with Gasteiger partial charge in [-0.2, -0.15) is 0 Å². The van der Waals surface area contributed by atoms with Gasteiger partial charge in [-0.15, -0.1) is 0 Å². The van der Waals surface area contributed by atoms with Crippen molar-refractivity contribution in [3.05, 3.63) is 65.5 Å². The molecule has 3 heterocycles. The fourth-order valence-corrected chi connectivity index (χ4v) is 5.04. The highest BCUT2D eigenvalue weighted by molar-refractivity contribution is 5.96. The number of aryl methyl sites for hydroxylation is 2. The Hall–Kier alpha value is -3.71. The number of nitrogens with one attached hydrogen (secondary N) is 1. The second kappa shape index (κ2) is 9.74. The second-order valence-corrected chi connectivity index (χ2v) is 9.80. The Morgan fingerprint density at radius 3 is 2.33 bits per heavy atom. The van der Waals surface area contributed by atoms with Crippen molar-refractivity contribution >= 4 is 22.8 Å². The highest BCUT2D eigenvalue weighted by atomic mass is 16.2. The number of likely N-dealkylation sites (N-methyl/N-ethyl adjacent to an activating group) is 1. The molecule has 5 rings (SSSR count). The minimum Gasteiger partial charge on any atom is -0.369 e. The Labute approximate surface area is 212 Å². The molecule has 2 aromatic carbocycles. The highest BCUT2D eigenvalue weighted by Gasteiger charge is 2.19. The average molecular weight is 483 g/mol. The third-order valence-electron chi connectivity index (χ3n) is 7.25. The summed E-state index contributed by atoms with van der Waals surface area (Å²) in [5, 5.41) is 0. The summed E-state index contributed by atoms with van der Waals surface area (Å²) < 4.78 is 0. The van der Waals surface area contributed by atoms with Gasteiger partial charge in [-0.25, -0.2) is 9.97 Å². The highest BCUT2D eigenvalue weighted by Crippen LogP contribution is 2.33. The van der Waals surface area contributed by atoms with Crippen molar-refractivity contribution in [1.29, 1.82) is 0 Å². The first-order valence-corrected chi connectivity index (χ1v) is 12.6. The number of amides is 1. The number of benzene rings is 2. The molecule has 0 atom stereocenters. The first-order valence-electron chi connectivity index (χ1n) is 12.6. The number of H-pyrrole nitrogens is 1. The lowest BCUT2D eigenvalue weighted by molar-refractivity contribution is 0.0802. The normalized spacial score (nSPS) is 14.4. The minimum atomic E-state index is 0.0239. The molecule has 0 saturated carbocycles. The van der Waals surface area contributed by atoms with Gasteiger partial charge in [0.25, 0.3) is 5.91 Å². The van der Waals surface area contributed by atoms with Crippen molar-refractivity contribution in [3.63, 3.8) is 0 Å². The van der Waals surface area contributed by atoms with Crippen LogP contribution < -0.4 is 4.90 Å². The van der Waals surface area contributed by atoms with E-state index in [0.29, 0.717) is 12.1 Å². The van der Waals surface area contributed by atoms with Gasteiger partial charge in [0.2, 0.25) is 0 Å². The zero-order chi connectivity index (χ0) is 25.4. The van der Waals surface area contributed by atoms with Crippen molar-refractivity contribution < 1.29 is 4.79 Å². The summed E-state index contributed by atoms with van der Waals surface area (Å²) in [4.78, 5) is 32.0. The molecular weight excluding hydrogens is 448 g/mol. The van der Waals surface area contributed by atoms with Crippen LogP contribution >= 0.6 is 0 Å². The summed E-state index contributed by atoms with van der Waals surface area (Å²) in [7, 11) is 4.00. The number of anilines is 1. The SMILES string of the molecule is CCN(C)C(=O)c1ccc(-c2c[nH]c3ncc(-c4cc(C)c(N5CCN(C)CC5)c(C)c4)nc23)cc1. The maximum Gasteiger partial charge on any atom is 0.253 e. The molecule has 2 aromatic heterocycles. The molecule has 1 fully saturated rings. The van der Waals surface area contributed by atoms with Crippen LogP contribution in [-0.4, -0.2) is 77.5 Å². The Kier molecular flexibility index (Phi) is 6.49. The Morgan fingerprint density at radius 1 is 1.03 bits per heavy atom. The van der Waals surface area contributed by atoms with E-state index in [2.05, 4.69) is 52.8 Å². The predicted octanol–water partition coefficient (Wildman–Crippen LogP) is 4.75. The van der Waals surface area contributed by atoms with E-state index in [0.717, 1.165) is 59.7 Å². The molecule has 0 bridgehead atoms. The van der Waals surface area contributed by atoms with E-state index in [-0.39, 0.29) is 5.91 Å². The van der Waals surface area contributed by atoms with Crippen LogP contribution in [0.25, 0.3) is 33.5 Å². The fraction of sp³-hybridized carbons (Fsp3) is 0.345. The molecule has 186 valence electrons. The van der Waals surface area contributed by atoms with Crippen LogP contribution in [0.5, 0.6) is 0 Å². The predicted molar refractivity (Wildman–Crippen MR) is 147 cm³/mol. The van der Waals surface area contributed by atoms with Crippen molar-refractivity contribution in [2.24, 2.45) is 0 Å². The van der Waals surface area contributed by atoms with Gasteiger partial charge in [-0.05, 0) is 68.8 Å². The smallest absolute Gasteiger partial charge is 0.253 e. The molecule has 0 spiro atoms. The number of carbonyl (C=O) groups is 1. The monoisotopic (exact) mass is 482 g/mol. The van der Waals surface area contributed by atoms with E-state index in [4.69, 9.17) is 4.98 Å². The standard InChI is InChI=1S/C29H34N6O/c1-6-34(5)29(36)22-9-7-21(8-10-22)24-17-30-28-26(24)32-25(18-31-28)23-15-19(2)27(20(3)16-23)35-13-11-33(4)12-14-35/h7-10,15-18H,6,11-14H2,1-5H3,(H,30,31). The molecule has 0 aliphatic carbocycles. The maximum absolute atomic E-state index is 12.5. The van der Waals surface area contributed by atoms with Crippen LogP contribution in [0.1, 0.15) is 28.4 Å². The number of carbonyl (C=O) groups excluding carboxylic acids is 1. The van der Waals surface area contributed by atoms with E-state index in [1.807, 2.05) is 50.6 Å². The first-order chi connectivity index (χ1) is 17.4. The molecule has 7 heteroatoms. The van der Waals surface area contributed by atoms with Crippen molar-refractivity contribution in [2.75, 3.05) is 51.7 Å². The number of aromatic nitrogens is 3. The van der Waals surface area contributed by atoms with Crippen LogP contribution in [-0.2, 0) is 0 Å². The molecule has 0 radical (unpaired) electrons. The van der Waals surface area contributed by atoms with E-state index in [1.165, 1.54) is 16.8 Å². The molecule has 1 aliphatic heterocycles. The summed E-state index contributed by atoms with van der Waals surface area (Å²) in [5.41, 5.74) is 10.0. The van der Waals surface area contributed by atoms with Crippen LogP contribution in [0.15, 0.2) is 48.8 Å². The van der Waals surface area contributed by atoms with E-state index < -0.39 is 0 Å². The number of rotatable bonds is 5. The lowest BCUT2D eigenvalue weighted by atomic mass is 10.0. The molecule has 4 aromatic rings. The van der Waals surface area contributed by atoms with E-state index >= 15 is 0 Å². The molecule has 1 saturated heterocycles. The lowest BCUT2D eigenvalue weighted by Crippen LogP contribution is -2.45. The van der Waals surface area contributed by atoms with Gasteiger partial charge >= 0.3 is 0 Å². The fourth-order valence-electron chi connectivity index (χ4n) is 5.04. The zero-order valence-electron chi connectivity index (χ0n) is 21.8. The van der Waals surface area contributed by atoms with Crippen molar-refractivity contribution in [3.8, 4) is 22.4 Å². The van der Waals surface area contributed by atoms with Crippen LogP contribution in [0.4, 0.5) is 5.69 Å². The van der Waals surface area contributed by atoms with Gasteiger partial charge in [0, 0.05) is 68.3 Å². The summed E-state index contributed by atoms with van der Waals surface area (Å²) in [6.07, 6.45) is 3.78. The third kappa shape index (κ3) is 4.46. The average Bonchev–Trinajstić information content (AvgIpc) is 3.32. The van der Waals surface area contributed by atoms with Crippen molar-refractivity contribution in [1.82, 2.24) is 24.8 Å². The number of aromatic amines is 1. The lowest BCUT2D eigenvalue weighted by Gasteiger charge is -2.36. The zero-order valence-corrected chi connectivity index (χ0v) is 21.8. The Balaban J connectivity index is 1.47. The summed E-state index contributed by atoms with van der Waals surface area (Å²) >= 11 is 0. The summed E-state index contributed by atoms with van der Waals surface area (Å²) in [5.74, 6) is 0.0239. The largest absolute Gasteiger partial charge is 0.369 e. The molecule has 36 heavy (non-hydrogen) atoms. The molecule has 1 aliphatic rings. The van der Waals surface area contributed by atoms with Gasteiger partial charge in [-0.3, -0.25) is 4.79 Å². The van der Waals surface area contributed by atoms with E-state index in [1.54, 1.807) is 4.90 Å². The van der Waals surface area contributed by atoms with E-state index in [9.17, 15) is 4.79 Å². The van der Waals surface area contributed by atoms with Gasteiger partial charge in [0.05, 0.1) is 11.9 Å². The first kappa shape index (κ1) is 24.0. The van der Waals surface area contributed by atoms with Gasteiger partial charge < -0.3 is 19.7 Å². The summed E-state index contributed by atoms with van der Waals surface area (Å²) in [6.45, 7) is 11.3. The van der Waals surface area contributed by atoms with Crippen LogP contribution in [0.2, 0.25) is 0 Å². The van der Waals surface area contributed by atoms with Gasteiger partial charge in [0.1, 0.15) is 5.52 Å². The molecule has 1 amide bonds. The maximum atomic E-state index is 12.5. The number of hydrogen-bond acceptors (Lipinski definition) is 5. The topological polar surface area (TPSA) is 68.4 Å². The molecular formula is C29H34N6O. The second-order valence-electron chi connectivity index (χ2n) is 9.80. The summed E-state index contributed by atoms with van der Waals surface area (Å²) in [6, 6.07) is 12.2. The van der Waals surface area contributed by atoms with Crippen LogP contribution in [0.3, 0.4) is 0 Å². The molecule has 0 unspecified atom stereocenters. The number of hydrogen-bond donors (Lipinski definition) is 1. The van der Waals surface area contributed by atoms with Gasteiger partial charge in [-0.1, -0.05) is 12.1 Å². The minimum absolute atomic E-state index is 0.0239. The number of fused-ring (bicyclic) bond motifs is 1. The van der Waals surface area contributed by atoms with Crippen LogP contribution in [0, 0.1) is 13.8 Å². The van der Waals surface area contributed by atoms with Gasteiger partial charge in [0.15, 0.2) is 5.65 Å². The van der Waals surface area contributed by atoms with Crippen molar-refractivity contribution in [2.45, 2.75) is 20.8 Å². The Bertz CT molecular complexity index is 1380. The quantitative estimate of drug-likeness (QED) is 0.445. The molecule has 7 nitrogen and oxygen atoms in total. The number of piperazine rings is 1. The number of nitrogens with zero attached hydrogens (tertiary/aromatic N) is 5.